The average molecular weight is 379 g/mol. The second kappa shape index (κ2) is 7.74. The summed E-state index contributed by atoms with van der Waals surface area (Å²) in [7, 11) is 1.65. The fraction of sp³-hybridized carbons (Fsp3) is 0.615. The molecule has 0 bridgehead atoms. The first-order valence-corrected chi connectivity index (χ1v) is 6.32. The molecule has 5 nitrogen and oxygen atoms in total. The molecule has 6 heteroatoms. The standard InChI is InChI=1S/C13H21N3O2.HI/c1-9-7-11(9)12-4-3-10(18-12)8-16-13(14)15-5-6-17-2;/h3-4,9,11H,5-8H2,1-2H3,(H3,14,15,16);1H. The summed E-state index contributed by atoms with van der Waals surface area (Å²) in [5, 5.41) is 2.96. The van der Waals surface area contributed by atoms with E-state index >= 15 is 0 Å². The maximum atomic E-state index is 5.74. The first kappa shape index (κ1) is 16.3. The molecule has 0 radical (unpaired) electrons. The van der Waals surface area contributed by atoms with Crippen LogP contribution in [0.25, 0.3) is 0 Å². The van der Waals surface area contributed by atoms with Crippen LogP contribution in [0.4, 0.5) is 0 Å². The van der Waals surface area contributed by atoms with Crippen LogP contribution in [0.5, 0.6) is 0 Å². The van der Waals surface area contributed by atoms with Crippen molar-refractivity contribution >= 4 is 29.9 Å². The molecule has 0 aliphatic heterocycles. The van der Waals surface area contributed by atoms with Gasteiger partial charge in [0, 0.05) is 19.6 Å². The average Bonchev–Trinajstić information content (AvgIpc) is 2.91. The number of rotatable bonds is 6. The molecule has 3 N–H and O–H groups in total. The summed E-state index contributed by atoms with van der Waals surface area (Å²) in [6.45, 7) is 3.99. The van der Waals surface area contributed by atoms with Crippen molar-refractivity contribution in [3.05, 3.63) is 23.7 Å². The number of furan rings is 1. The van der Waals surface area contributed by atoms with Crippen LogP contribution in [0.15, 0.2) is 21.5 Å². The highest BCUT2D eigenvalue weighted by Gasteiger charge is 2.36. The van der Waals surface area contributed by atoms with Gasteiger partial charge in [-0.15, -0.1) is 24.0 Å². The van der Waals surface area contributed by atoms with E-state index < -0.39 is 0 Å². The zero-order chi connectivity index (χ0) is 13.0. The molecule has 1 fully saturated rings. The predicted molar refractivity (Wildman–Crippen MR) is 85.9 cm³/mol. The smallest absolute Gasteiger partial charge is 0.189 e. The second-order valence-corrected chi connectivity index (χ2v) is 4.74. The number of nitrogens with one attached hydrogen (secondary N) is 1. The number of hydrogen-bond donors (Lipinski definition) is 2. The summed E-state index contributed by atoms with van der Waals surface area (Å²) >= 11 is 0. The predicted octanol–water partition coefficient (Wildman–Crippen LogP) is 2.07. The zero-order valence-corrected chi connectivity index (χ0v) is 13.7. The molecular formula is C13H22IN3O2. The van der Waals surface area contributed by atoms with E-state index in [1.54, 1.807) is 7.11 Å². The van der Waals surface area contributed by atoms with Gasteiger partial charge in [0.25, 0.3) is 0 Å². The zero-order valence-electron chi connectivity index (χ0n) is 11.4. The number of methoxy groups -OCH3 is 1. The van der Waals surface area contributed by atoms with Crippen LogP contribution in [0, 0.1) is 5.92 Å². The lowest BCUT2D eigenvalue weighted by Gasteiger charge is -2.03. The maximum Gasteiger partial charge on any atom is 0.189 e. The summed E-state index contributed by atoms with van der Waals surface area (Å²) in [6, 6.07) is 4.03. The van der Waals surface area contributed by atoms with Crippen molar-refractivity contribution < 1.29 is 9.15 Å². The van der Waals surface area contributed by atoms with E-state index in [2.05, 4.69) is 17.2 Å². The Morgan fingerprint density at radius 1 is 1.58 bits per heavy atom. The minimum atomic E-state index is 0. The number of nitrogens with two attached hydrogens (primary N) is 1. The Bertz CT molecular complexity index is 420. The quantitative estimate of drug-likeness (QED) is 0.344. The largest absolute Gasteiger partial charge is 0.464 e. The Hall–Kier alpha value is -0.760. The van der Waals surface area contributed by atoms with Crippen LogP contribution in [-0.4, -0.2) is 26.2 Å². The third-order valence-corrected chi connectivity index (χ3v) is 3.17. The van der Waals surface area contributed by atoms with E-state index in [1.165, 1.54) is 6.42 Å². The van der Waals surface area contributed by atoms with Crippen LogP contribution in [0.2, 0.25) is 0 Å². The minimum Gasteiger partial charge on any atom is -0.464 e. The van der Waals surface area contributed by atoms with E-state index in [9.17, 15) is 0 Å². The van der Waals surface area contributed by atoms with Gasteiger partial charge >= 0.3 is 0 Å². The molecule has 2 atom stereocenters. The summed E-state index contributed by atoms with van der Waals surface area (Å²) < 4.78 is 10.6. The molecule has 0 spiro atoms. The molecule has 0 saturated heterocycles. The Morgan fingerprint density at radius 2 is 2.32 bits per heavy atom. The molecule has 0 amide bonds. The van der Waals surface area contributed by atoms with Crippen molar-refractivity contribution in [2.24, 2.45) is 16.6 Å². The molecule has 19 heavy (non-hydrogen) atoms. The topological polar surface area (TPSA) is 72.8 Å². The van der Waals surface area contributed by atoms with Crippen molar-refractivity contribution in [3.8, 4) is 0 Å². The summed E-state index contributed by atoms with van der Waals surface area (Å²) in [5.74, 6) is 3.73. The number of hydrogen-bond acceptors (Lipinski definition) is 3. The monoisotopic (exact) mass is 379 g/mol. The van der Waals surface area contributed by atoms with E-state index in [-0.39, 0.29) is 24.0 Å². The maximum absolute atomic E-state index is 5.74. The Kier molecular flexibility index (Phi) is 6.64. The Labute approximate surface area is 131 Å². The molecule has 1 aliphatic carbocycles. The van der Waals surface area contributed by atoms with Gasteiger partial charge in [-0.25, -0.2) is 4.99 Å². The number of nitrogens with zero attached hydrogens (tertiary/aromatic N) is 1. The number of aliphatic imine (C=N–C) groups is 1. The minimum absolute atomic E-state index is 0. The van der Waals surface area contributed by atoms with Gasteiger partial charge in [-0.2, -0.15) is 0 Å². The van der Waals surface area contributed by atoms with Gasteiger partial charge in [-0.05, 0) is 24.5 Å². The third-order valence-electron chi connectivity index (χ3n) is 3.17. The van der Waals surface area contributed by atoms with Crippen LogP contribution in [0.1, 0.15) is 30.8 Å². The number of halogens is 1. The first-order chi connectivity index (χ1) is 8.70. The number of ether oxygens (including phenoxy) is 1. The molecule has 1 aromatic heterocycles. The number of guanidine groups is 1. The highest BCUT2D eigenvalue weighted by molar-refractivity contribution is 14.0. The molecular weight excluding hydrogens is 357 g/mol. The SMILES string of the molecule is COCCNC(N)=NCc1ccc(C2CC2C)o1.I. The van der Waals surface area contributed by atoms with Gasteiger partial charge in [-0.3, -0.25) is 0 Å². The lowest BCUT2D eigenvalue weighted by molar-refractivity contribution is 0.204. The van der Waals surface area contributed by atoms with Crippen molar-refractivity contribution in [2.75, 3.05) is 20.3 Å². The van der Waals surface area contributed by atoms with Gasteiger partial charge < -0.3 is 20.2 Å². The van der Waals surface area contributed by atoms with E-state index in [1.807, 2.05) is 12.1 Å². The van der Waals surface area contributed by atoms with Crippen LogP contribution < -0.4 is 11.1 Å². The van der Waals surface area contributed by atoms with E-state index in [0.717, 1.165) is 17.4 Å². The highest BCUT2D eigenvalue weighted by atomic mass is 127. The van der Waals surface area contributed by atoms with Crippen molar-refractivity contribution in [1.29, 1.82) is 0 Å². The van der Waals surface area contributed by atoms with Crippen LogP contribution >= 0.6 is 24.0 Å². The van der Waals surface area contributed by atoms with Crippen molar-refractivity contribution in [1.82, 2.24) is 5.32 Å². The molecule has 1 saturated carbocycles. The fourth-order valence-electron chi connectivity index (χ4n) is 1.90. The van der Waals surface area contributed by atoms with Gasteiger partial charge in [-0.1, -0.05) is 6.92 Å². The van der Waals surface area contributed by atoms with Gasteiger partial charge in [0.1, 0.15) is 18.1 Å². The third kappa shape index (κ3) is 5.02. The van der Waals surface area contributed by atoms with Gasteiger partial charge in [0.2, 0.25) is 0 Å². The lowest BCUT2D eigenvalue weighted by Crippen LogP contribution is -2.34. The first-order valence-electron chi connectivity index (χ1n) is 6.32. The lowest BCUT2D eigenvalue weighted by atomic mass is 10.3. The van der Waals surface area contributed by atoms with E-state index in [4.69, 9.17) is 14.9 Å². The van der Waals surface area contributed by atoms with Crippen molar-refractivity contribution in [2.45, 2.75) is 25.8 Å². The fourth-order valence-corrected chi connectivity index (χ4v) is 1.90. The van der Waals surface area contributed by atoms with Crippen molar-refractivity contribution in [3.63, 3.8) is 0 Å². The molecule has 1 aromatic rings. The molecule has 2 rings (SSSR count). The van der Waals surface area contributed by atoms with Gasteiger partial charge in [0.05, 0.1) is 6.61 Å². The molecule has 1 aliphatic rings. The summed E-state index contributed by atoms with van der Waals surface area (Å²) in [5.41, 5.74) is 5.70. The van der Waals surface area contributed by atoms with Crippen LogP contribution in [0.3, 0.4) is 0 Å². The highest BCUT2D eigenvalue weighted by Crippen LogP contribution is 2.47. The molecule has 2 unspecified atom stereocenters. The molecule has 1 heterocycles. The van der Waals surface area contributed by atoms with Crippen LogP contribution in [-0.2, 0) is 11.3 Å². The normalized spacial score (nSPS) is 21.9. The Morgan fingerprint density at radius 3 is 2.95 bits per heavy atom. The second-order valence-electron chi connectivity index (χ2n) is 4.74. The molecule has 0 aromatic carbocycles. The summed E-state index contributed by atoms with van der Waals surface area (Å²) in [4.78, 5) is 4.21. The summed E-state index contributed by atoms with van der Waals surface area (Å²) in [6.07, 6.45) is 1.23. The van der Waals surface area contributed by atoms with Gasteiger partial charge in [0.15, 0.2) is 5.96 Å². The molecule has 108 valence electrons. The van der Waals surface area contributed by atoms with E-state index in [0.29, 0.717) is 31.6 Å². The Balaban J connectivity index is 0.00000180.